The van der Waals surface area contributed by atoms with Crippen LogP contribution < -0.4 is 10.2 Å². The van der Waals surface area contributed by atoms with E-state index >= 15 is 0 Å². The first kappa shape index (κ1) is 13.0. The van der Waals surface area contributed by atoms with E-state index in [1.54, 1.807) is 0 Å². The minimum Gasteiger partial charge on any atom is -0.398 e. The van der Waals surface area contributed by atoms with Gasteiger partial charge in [0, 0.05) is 0 Å². The van der Waals surface area contributed by atoms with Gasteiger partial charge in [-0.3, -0.25) is 4.79 Å². The van der Waals surface area contributed by atoms with Gasteiger partial charge in [0.25, 0.3) is 0 Å². The molecular formula is C7H5F3N2O5. The third-order valence-corrected chi connectivity index (χ3v) is 1.69. The Kier molecular flexibility index (Phi) is 3.36. The molecule has 1 aromatic heterocycles. The lowest BCUT2D eigenvalue weighted by Crippen LogP contribution is -2.24. The van der Waals surface area contributed by atoms with Crippen molar-refractivity contribution in [3.63, 3.8) is 0 Å². The summed E-state index contributed by atoms with van der Waals surface area (Å²) in [6.45, 7) is -1.08. The molecule has 0 amide bonds. The molecule has 1 aromatic rings. The van der Waals surface area contributed by atoms with E-state index in [1.165, 1.54) is 0 Å². The predicted octanol–water partition coefficient (Wildman–Crippen LogP) is 0.674. The monoisotopic (exact) mass is 254 g/mol. The van der Waals surface area contributed by atoms with Crippen molar-refractivity contribution in [3.8, 4) is 5.75 Å². The molecule has 0 saturated heterocycles. The van der Waals surface area contributed by atoms with Crippen LogP contribution in [-0.2, 0) is 6.61 Å². The number of nitro groups is 1. The smallest absolute Gasteiger partial charge is 0.398 e. The highest BCUT2D eigenvalue weighted by Gasteiger charge is 2.34. The molecule has 1 heterocycles. The molecule has 17 heavy (non-hydrogen) atoms. The highest BCUT2D eigenvalue weighted by atomic mass is 19.4. The molecule has 10 heteroatoms. The normalized spacial score (nSPS) is 11.3. The zero-order valence-electron chi connectivity index (χ0n) is 7.95. The van der Waals surface area contributed by atoms with E-state index in [1.807, 2.05) is 4.98 Å². The minimum atomic E-state index is -5.10. The summed E-state index contributed by atoms with van der Waals surface area (Å²) in [6.07, 6.45) is -4.69. The van der Waals surface area contributed by atoms with Crippen LogP contribution >= 0.6 is 0 Å². The Morgan fingerprint density at radius 3 is 2.53 bits per heavy atom. The number of pyridine rings is 1. The van der Waals surface area contributed by atoms with Crippen LogP contribution in [0.3, 0.4) is 0 Å². The number of nitrogens with one attached hydrogen (secondary N) is 1. The van der Waals surface area contributed by atoms with Crippen LogP contribution in [0.15, 0.2) is 11.0 Å². The van der Waals surface area contributed by atoms with Gasteiger partial charge in [0.05, 0.1) is 6.61 Å². The van der Waals surface area contributed by atoms with Gasteiger partial charge in [0.1, 0.15) is 11.8 Å². The zero-order chi connectivity index (χ0) is 13.2. The summed E-state index contributed by atoms with van der Waals surface area (Å²) in [4.78, 5) is 22.5. The van der Waals surface area contributed by atoms with Crippen molar-refractivity contribution in [3.05, 3.63) is 32.1 Å². The highest BCUT2D eigenvalue weighted by molar-refractivity contribution is 5.37. The standard InChI is InChI=1S/C7H5F3N2O5/c8-7(9,10)17-4-1-11-6(12(15)16)3(2-13)5(4)14/h1,13H,2H2,(H,11,14). The van der Waals surface area contributed by atoms with Gasteiger partial charge < -0.3 is 20.0 Å². The molecule has 0 atom stereocenters. The number of aromatic amines is 1. The maximum atomic E-state index is 11.8. The van der Waals surface area contributed by atoms with Crippen molar-refractivity contribution in [2.45, 2.75) is 13.0 Å². The molecule has 0 aliphatic rings. The average molecular weight is 254 g/mol. The number of H-pyrrole nitrogens is 1. The number of hydrogen-bond donors (Lipinski definition) is 2. The van der Waals surface area contributed by atoms with Crippen LogP contribution in [0.1, 0.15) is 5.56 Å². The summed E-state index contributed by atoms with van der Waals surface area (Å²) in [7, 11) is 0. The molecular weight excluding hydrogens is 249 g/mol. The van der Waals surface area contributed by atoms with E-state index < -0.39 is 40.5 Å². The Balaban J connectivity index is 3.31. The number of alkyl halides is 3. The first-order valence-corrected chi connectivity index (χ1v) is 4.02. The Hall–Kier alpha value is -2.10. The maximum Gasteiger partial charge on any atom is 0.573 e. The molecule has 0 unspecified atom stereocenters. The third-order valence-electron chi connectivity index (χ3n) is 1.69. The number of nitrogens with zero attached hydrogens (tertiary/aromatic N) is 1. The highest BCUT2D eigenvalue weighted by Crippen LogP contribution is 2.21. The molecule has 2 N–H and O–H groups in total. The van der Waals surface area contributed by atoms with Crippen LogP contribution in [-0.4, -0.2) is 21.4 Å². The minimum absolute atomic E-state index is 0.410. The van der Waals surface area contributed by atoms with E-state index in [4.69, 9.17) is 5.11 Å². The fourth-order valence-electron chi connectivity index (χ4n) is 1.05. The van der Waals surface area contributed by atoms with Crippen molar-refractivity contribution >= 4 is 5.82 Å². The number of aliphatic hydroxyl groups is 1. The summed E-state index contributed by atoms with van der Waals surface area (Å²) in [5.41, 5.74) is -2.20. The van der Waals surface area contributed by atoms with Crippen molar-refractivity contribution < 1.29 is 27.9 Å². The number of aliphatic hydroxyl groups excluding tert-OH is 1. The SMILES string of the molecule is O=c1c(OC(F)(F)F)c[nH]c([N+](=O)[O-])c1CO. The van der Waals surface area contributed by atoms with Gasteiger partial charge in [0.2, 0.25) is 11.2 Å². The van der Waals surface area contributed by atoms with Gasteiger partial charge in [-0.2, -0.15) is 0 Å². The quantitative estimate of drug-likeness (QED) is 0.609. The van der Waals surface area contributed by atoms with Crippen molar-refractivity contribution in [2.24, 2.45) is 0 Å². The summed E-state index contributed by atoms with van der Waals surface area (Å²) in [5.74, 6) is -2.06. The van der Waals surface area contributed by atoms with Crippen molar-refractivity contribution in [1.29, 1.82) is 0 Å². The van der Waals surface area contributed by atoms with Crippen molar-refractivity contribution in [1.82, 2.24) is 4.98 Å². The largest absolute Gasteiger partial charge is 0.573 e. The van der Waals surface area contributed by atoms with Gasteiger partial charge in [0.15, 0.2) is 0 Å². The van der Waals surface area contributed by atoms with Gasteiger partial charge in [-0.15, -0.1) is 13.2 Å². The second-order valence-electron chi connectivity index (χ2n) is 2.77. The van der Waals surface area contributed by atoms with E-state index in [-0.39, 0.29) is 0 Å². The van der Waals surface area contributed by atoms with Gasteiger partial charge in [-0.1, -0.05) is 0 Å². The average Bonchev–Trinajstić information content (AvgIpc) is 2.18. The number of aromatic nitrogens is 1. The second-order valence-corrected chi connectivity index (χ2v) is 2.77. The number of halogens is 3. The number of ether oxygens (including phenoxy) is 1. The van der Waals surface area contributed by atoms with Gasteiger partial charge >= 0.3 is 12.2 Å². The van der Waals surface area contributed by atoms with Crippen LogP contribution in [0, 0.1) is 10.1 Å². The molecule has 7 nitrogen and oxygen atoms in total. The molecule has 0 radical (unpaired) electrons. The Morgan fingerprint density at radius 2 is 2.12 bits per heavy atom. The maximum absolute atomic E-state index is 11.8. The number of hydrogen-bond acceptors (Lipinski definition) is 5. The molecule has 0 saturated carbocycles. The van der Waals surface area contributed by atoms with Crippen molar-refractivity contribution in [2.75, 3.05) is 0 Å². The molecule has 0 aliphatic heterocycles. The first-order valence-electron chi connectivity index (χ1n) is 4.02. The zero-order valence-corrected chi connectivity index (χ0v) is 7.95. The summed E-state index contributed by atoms with van der Waals surface area (Å²) >= 11 is 0. The fourth-order valence-corrected chi connectivity index (χ4v) is 1.05. The van der Waals surface area contributed by atoms with E-state index in [2.05, 4.69) is 4.74 Å². The summed E-state index contributed by atoms with van der Waals surface area (Å²) in [5, 5.41) is 19.1. The molecule has 0 aromatic carbocycles. The first-order chi connectivity index (χ1) is 7.76. The van der Waals surface area contributed by atoms with Crippen LogP contribution in [0.25, 0.3) is 0 Å². The Morgan fingerprint density at radius 1 is 1.53 bits per heavy atom. The molecule has 1 rings (SSSR count). The fraction of sp³-hybridized carbons (Fsp3) is 0.286. The van der Waals surface area contributed by atoms with Crippen LogP contribution in [0.5, 0.6) is 5.75 Å². The Labute approximate surface area is 90.6 Å². The van der Waals surface area contributed by atoms with Gasteiger partial charge in [-0.25, -0.2) is 4.98 Å². The summed E-state index contributed by atoms with van der Waals surface area (Å²) < 4.78 is 38.9. The molecule has 94 valence electrons. The summed E-state index contributed by atoms with van der Waals surface area (Å²) in [6, 6.07) is 0. The predicted molar refractivity (Wildman–Crippen MR) is 46.3 cm³/mol. The Bertz CT molecular complexity index is 495. The van der Waals surface area contributed by atoms with Crippen LogP contribution in [0.2, 0.25) is 0 Å². The lowest BCUT2D eigenvalue weighted by atomic mass is 10.2. The van der Waals surface area contributed by atoms with E-state index in [0.717, 1.165) is 0 Å². The lowest BCUT2D eigenvalue weighted by Gasteiger charge is -2.08. The second kappa shape index (κ2) is 4.41. The topological polar surface area (TPSA) is 105 Å². The molecule has 0 aliphatic carbocycles. The van der Waals surface area contributed by atoms with E-state index in [0.29, 0.717) is 6.20 Å². The van der Waals surface area contributed by atoms with Crippen LogP contribution in [0.4, 0.5) is 19.0 Å². The third kappa shape index (κ3) is 2.93. The van der Waals surface area contributed by atoms with Gasteiger partial charge in [-0.05, 0) is 4.92 Å². The molecule has 0 spiro atoms. The number of rotatable bonds is 3. The van der Waals surface area contributed by atoms with E-state index in [9.17, 15) is 28.1 Å². The molecule has 0 fully saturated rings. The molecule has 0 bridgehead atoms. The lowest BCUT2D eigenvalue weighted by molar-refractivity contribution is -0.390.